The van der Waals surface area contributed by atoms with Crippen LogP contribution in [0.15, 0.2) is 17.1 Å². The number of unbranched alkanes of at least 4 members (excludes halogenated alkanes) is 13. The van der Waals surface area contributed by atoms with Gasteiger partial charge in [0.25, 0.3) is 0 Å². The minimum atomic E-state index is 0.247. The van der Waals surface area contributed by atoms with Crippen molar-refractivity contribution in [2.75, 3.05) is 32.1 Å². The zero-order valence-electron chi connectivity index (χ0n) is 19.9. The number of quaternary nitrogens is 1. The molecule has 4 heteroatoms. The largest absolute Gasteiger partial charge is 0.396 e. The highest BCUT2D eigenvalue weighted by molar-refractivity contribution is 6.17. The minimum Gasteiger partial charge on any atom is -0.396 e. The van der Waals surface area contributed by atoms with Crippen molar-refractivity contribution in [2.45, 2.75) is 116 Å². The number of halogens is 1. The third kappa shape index (κ3) is 12.5. The maximum atomic E-state index is 9.59. The highest BCUT2D eigenvalue weighted by Gasteiger charge is 2.35. The van der Waals surface area contributed by atoms with E-state index in [0.717, 1.165) is 55.7 Å². The third-order valence-electron chi connectivity index (χ3n) is 6.58. The molecule has 176 valence electrons. The van der Waals surface area contributed by atoms with Crippen LogP contribution in [0.25, 0.3) is 0 Å². The van der Waals surface area contributed by atoms with Gasteiger partial charge in [-0.05, 0) is 31.8 Å². The van der Waals surface area contributed by atoms with E-state index in [4.69, 9.17) is 11.6 Å². The quantitative estimate of drug-likeness (QED) is 0.0863. The lowest BCUT2D eigenvalue weighted by Crippen LogP contribution is -2.53. The lowest BCUT2D eigenvalue weighted by Gasteiger charge is -2.37. The van der Waals surface area contributed by atoms with Crippen molar-refractivity contribution >= 4 is 17.9 Å². The normalized spacial score (nSPS) is 19.8. The molecule has 0 aromatic rings. The molecular formula is C26H50ClN2O+. The first-order valence-corrected chi connectivity index (χ1v) is 13.5. The summed E-state index contributed by atoms with van der Waals surface area (Å²) >= 11 is 5.88. The first-order chi connectivity index (χ1) is 14.8. The summed E-state index contributed by atoms with van der Waals surface area (Å²) in [6.45, 7) is 5.60. The number of aliphatic hydroxyl groups is 1. The maximum absolute atomic E-state index is 9.59. The van der Waals surface area contributed by atoms with E-state index in [-0.39, 0.29) is 6.61 Å². The van der Waals surface area contributed by atoms with E-state index in [9.17, 15) is 5.11 Å². The van der Waals surface area contributed by atoms with Gasteiger partial charge in [-0.25, -0.2) is 4.99 Å². The molecule has 0 aromatic carbocycles. The molecule has 0 amide bonds. The van der Waals surface area contributed by atoms with Gasteiger partial charge < -0.3 is 5.11 Å². The van der Waals surface area contributed by atoms with Gasteiger partial charge >= 0.3 is 0 Å². The summed E-state index contributed by atoms with van der Waals surface area (Å²) in [5.41, 5.74) is 0. The monoisotopic (exact) mass is 441 g/mol. The minimum absolute atomic E-state index is 0.247. The SMILES string of the molecule is CCCCCCCCCCCCCC/C=C/C(CCO)[N+]1(CCCCCl)C=NCC1. The Kier molecular flexibility index (Phi) is 17.8. The van der Waals surface area contributed by atoms with E-state index >= 15 is 0 Å². The average Bonchev–Trinajstić information content (AvgIpc) is 3.23. The van der Waals surface area contributed by atoms with Crippen LogP contribution < -0.4 is 0 Å². The molecule has 1 rings (SSSR count). The van der Waals surface area contributed by atoms with Gasteiger partial charge in [0.1, 0.15) is 12.6 Å². The van der Waals surface area contributed by atoms with Crippen molar-refractivity contribution in [1.29, 1.82) is 0 Å². The van der Waals surface area contributed by atoms with Gasteiger partial charge in [-0.15, -0.1) is 11.6 Å². The highest BCUT2D eigenvalue weighted by atomic mass is 35.5. The molecular weight excluding hydrogens is 392 g/mol. The summed E-state index contributed by atoms with van der Waals surface area (Å²) in [6.07, 6.45) is 27.8. The molecule has 30 heavy (non-hydrogen) atoms. The molecule has 0 radical (unpaired) electrons. The smallest absolute Gasteiger partial charge is 0.186 e. The van der Waals surface area contributed by atoms with Crippen LogP contribution in [-0.2, 0) is 0 Å². The summed E-state index contributed by atoms with van der Waals surface area (Å²) in [6, 6.07) is 0.355. The second-order valence-electron chi connectivity index (χ2n) is 9.15. The van der Waals surface area contributed by atoms with Crippen molar-refractivity contribution in [1.82, 2.24) is 0 Å². The fourth-order valence-electron chi connectivity index (χ4n) is 4.62. The predicted octanol–water partition coefficient (Wildman–Crippen LogP) is 7.26. The predicted molar refractivity (Wildman–Crippen MR) is 134 cm³/mol. The molecule has 0 aliphatic carbocycles. The molecule has 0 saturated heterocycles. The molecule has 0 saturated carbocycles. The third-order valence-corrected chi connectivity index (χ3v) is 6.85. The molecule has 1 N–H and O–H groups in total. The van der Waals surface area contributed by atoms with E-state index in [1.165, 1.54) is 77.0 Å². The summed E-state index contributed by atoms with van der Waals surface area (Å²) in [4.78, 5) is 4.54. The van der Waals surface area contributed by atoms with Crippen LogP contribution >= 0.6 is 11.6 Å². The van der Waals surface area contributed by atoms with Crippen molar-refractivity contribution in [3.8, 4) is 0 Å². The Morgan fingerprint density at radius 3 is 2.10 bits per heavy atom. The molecule has 1 aliphatic heterocycles. The summed E-state index contributed by atoms with van der Waals surface area (Å²) < 4.78 is 0.909. The summed E-state index contributed by atoms with van der Waals surface area (Å²) in [5.74, 6) is 0.733. The molecule has 0 aromatic heterocycles. The van der Waals surface area contributed by atoms with Crippen LogP contribution in [0, 0.1) is 0 Å². The topological polar surface area (TPSA) is 32.6 Å². The number of alkyl halides is 1. The first-order valence-electron chi connectivity index (χ1n) is 13.0. The maximum Gasteiger partial charge on any atom is 0.186 e. The standard InChI is InChI=1S/C26H50ClN2O/c1-2-3-4-5-6-7-8-9-10-11-12-13-14-15-18-26(19-24-30)29(22-17-16-20-27)23-21-28-25-29/h15,18,25-26,30H,2-14,16-17,19-24H2,1H3/q+1/b18-15+. The summed E-state index contributed by atoms with van der Waals surface area (Å²) in [7, 11) is 0. The van der Waals surface area contributed by atoms with Gasteiger partial charge in [0, 0.05) is 18.9 Å². The molecule has 1 aliphatic rings. The molecule has 0 spiro atoms. The lowest BCUT2D eigenvalue weighted by molar-refractivity contribution is -0.848. The Balaban J connectivity index is 2.15. The number of hydrogen-bond acceptors (Lipinski definition) is 2. The second kappa shape index (κ2) is 19.3. The fraction of sp³-hybridized carbons (Fsp3) is 0.885. The fourth-order valence-corrected chi connectivity index (χ4v) is 4.81. The Morgan fingerprint density at radius 2 is 1.57 bits per heavy atom. The van der Waals surface area contributed by atoms with Crippen LogP contribution in [-0.4, -0.2) is 54.1 Å². The number of aliphatic hydroxyl groups excluding tert-OH is 1. The Bertz CT molecular complexity index is 441. The number of allylic oxidation sites excluding steroid dienone is 1. The van der Waals surface area contributed by atoms with Crippen LogP contribution in [0.4, 0.5) is 0 Å². The van der Waals surface area contributed by atoms with Gasteiger partial charge in [0.15, 0.2) is 6.34 Å². The van der Waals surface area contributed by atoms with Gasteiger partial charge in [0.05, 0.1) is 13.1 Å². The molecule has 0 fully saturated rings. The van der Waals surface area contributed by atoms with Gasteiger partial charge in [-0.2, -0.15) is 0 Å². The van der Waals surface area contributed by atoms with Crippen LogP contribution in [0.2, 0.25) is 0 Å². The van der Waals surface area contributed by atoms with Crippen LogP contribution in [0.3, 0.4) is 0 Å². The number of rotatable bonds is 21. The van der Waals surface area contributed by atoms with E-state index < -0.39 is 0 Å². The number of nitrogens with zero attached hydrogens (tertiary/aromatic N) is 2. The Hall–Kier alpha value is -0.380. The molecule has 2 atom stereocenters. The van der Waals surface area contributed by atoms with E-state index in [2.05, 4.69) is 30.4 Å². The van der Waals surface area contributed by atoms with E-state index in [1.807, 2.05) is 0 Å². The number of hydrogen-bond donors (Lipinski definition) is 1. The first kappa shape index (κ1) is 27.7. The zero-order chi connectivity index (χ0) is 21.8. The molecule has 3 nitrogen and oxygen atoms in total. The Morgan fingerprint density at radius 1 is 0.933 bits per heavy atom. The van der Waals surface area contributed by atoms with Crippen molar-refractivity contribution in [3.05, 3.63) is 12.2 Å². The van der Waals surface area contributed by atoms with E-state index in [0.29, 0.717) is 6.04 Å². The summed E-state index contributed by atoms with van der Waals surface area (Å²) in [5, 5.41) is 9.59. The Labute approximate surface area is 192 Å². The zero-order valence-corrected chi connectivity index (χ0v) is 20.6. The van der Waals surface area contributed by atoms with Crippen molar-refractivity contribution in [3.63, 3.8) is 0 Å². The van der Waals surface area contributed by atoms with E-state index in [1.54, 1.807) is 0 Å². The van der Waals surface area contributed by atoms with Crippen molar-refractivity contribution in [2.24, 2.45) is 4.99 Å². The molecule has 0 bridgehead atoms. The molecule has 1 heterocycles. The molecule has 2 unspecified atom stereocenters. The second-order valence-corrected chi connectivity index (χ2v) is 9.53. The van der Waals surface area contributed by atoms with Gasteiger partial charge in [-0.1, -0.05) is 83.6 Å². The lowest BCUT2D eigenvalue weighted by atomic mass is 10.0. The van der Waals surface area contributed by atoms with Gasteiger partial charge in [-0.3, -0.25) is 4.48 Å². The van der Waals surface area contributed by atoms with Crippen LogP contribution in [0.5, 0.6) is 0 Å². The van der Waals surface area contributed by atoms with Gasteiger partial charge in [0.2, 0.25) is 0 Å². The average molecular weight is 442 g/mol. The highest BCUT2D eigenvalue weighted by Crippen LogP contribution is 2.22. The number of aliphatic imine (C=N–C) groups is 1. The van der Waals surface area contributed by atoms with Crippen molar-refractivity contribution < 1.29 is 9.59 Å². The van der Waals surface area contributed by atoms with Crippen LogP contribution in [0.1, 0.15) is 110 Å².